The van der Waals surface area contributed by atoms with Gasteiger partial charge in [0.1, 0.15) is 5.82 Å². The zero-order valence-corrected chi connectivity index (χ0v) is 18.8. The second kappa shape index (κ2) is 11.8. The molecule has 27 heavy (non-hydrogen) atoms. The van der Waals surface area contributed by atoms with Crippen molar-refractivity contribution in [3.63, 3.8) is 0 Å². The number of hydrogen-bond donors (Lipinski definition) is 2. The number of carbonyl (C=O) groups excluding carboxylic acids is 1. The first-order chi connectivity index (χ1) is 12.5. The van der Waals surface area contributed by atoms with Crippen LogP contribution >= 0.6 is 24.0 Å². The fourth-order valence-electron chi connectivity index (χ4n) is 2.75. The number of nitrogens with one attached hydrogen (secondary N) is 2. The number of nitrogens with zero attached hydrogens (tertiary/aromatic N) is 3. The van der Waals surface area contributed by atoms with E-state index in [1.807, 2.05) is 39.0 Å². The van der Waals surface area contributed by atoms with Crippen LogP contribution in [0.3, 0.4) is 0 Å². The van der Waals surface area contributed by atoms with Gasteiger partial charge in [0.05, 0.1) is 23.6 Å². The molecule has 1 heterocycles. The molecule has 0 unspecified atom stereocenters. The number of para-hydroxylation sites is 2. The number of ether oxygens (including phenoxy) is 1. The van der Waals surface area contributed by atoms with Gasteiger partial charge in [-0.25, -0.2) is 4.98 Å². The van der Waals surface area contributed by atoms with Gasteiger partial charge in [0.25, 0.3) is 0 Å². The number of aromatic nitrogens is 2. The van der Waals surface area contributed by atoms with Gasteiger partial charge in [-0.3, -0.25) is 9.79 Å². The van der Waals surface area contributed by atoms with Crippen molar-refractivity contribution in [3.05, 3.63) is 30.1 Å². The van der Waals surface area contributed by atoms with Crippen molar-refractivity contribution in [1.82, 2.24) is 20.2 Å². The van der Waals surface area contributed by atoms with E-state index in [0.29, 0.717) is 18.9 Å². The predicted molar refractivity (Wildman–Crippen MR) is 120 cm³/mol. The van der Waals surface area contributed by atoms with Crippen molar-refractivity contribution >= 4 is 46.9 Å². The molecule has 0 amide bonds. The van der Waals surface area contributed by atoms with Gasteiger partial charge in [0.15, 0.2) is 5.96 Å². The van der Waals surface area contributed by atoms with E-state index in [-0.39, 0.29) is 36.0 Å². The third kappa shape index (κ3) is 7.36. The van der Waals surface area contributed by atoms with Crippen LogP contribution in [0.2, 0.25) is 0 Å². The molecule has 0 saturated carbocycles. The molecule has 7 nitrogen and oxygen atoms in total. The smallest absolute Gasteiger partial charge is 0.307 e. The van der Waals surface area contributed by atoms with Crippen LogP contribution in [0, 0.1) is 6.92 Å². The van der Waals surface area contributed by atoms with Crippen LogP contribution in [-0.2, 0) is 16.1 Å². The molecule has 0 saturated heterocycles. The van der Waals surface area contributed by atoms with Gasteiger partial charge >= 0.3 is 5.97 Å². The molecule has 0 radical (unpaired) electrons. The topological polar surface area (TPSA) is 80.5 Å². The average Bonchev–Trinajstić information content (AvgIpc) is 2.91. The average molecular weight is 487 g/mol. The Morgan fingerprint density at radius 3 is 2.67 bits per heavy atom. The number of guanidine groups is 1. The summed E-state index contributed by atoms with van der Waals surface area (Å²) >= 11 is 0. The molecule has 2 aromatic rings. The summed E-state index contributed by atoms with van der Waals surface area (Å²) in [7, 11) is 1.72. The summed E-state index contributed by atoms with van der Waals surface area (Å²) in [6.07, 6.45) is 1.18. The molecule has 8 heteroatoms. The third-order valence-electron chi connectivity index (χ3n) is 3.91. The summed E-state index contributed by atoms with van der Waals surface area (Å²) in [5, 5.41) is 6.39. The van der Waals surface area contributed by atoms with E-state index < -0.39 is 0 Å². The minimum atomic E-state index is -0.203. The van der Waals surface area contributed by atoms with Gasteiger partial charge in [0.2, 0.25) is 0 Å². The van der Waals surface area contributed by atoms with Crippen molar-refractivity contribution in [2.24, 2.45) is 4.99 Å². The molecule has 1 aromatic carbocycles. The number of halogens is 1. The maximum atomic E-state index is 11.5. The molecule has 2 rings (SSSR count). The Bertz CT molecular complexity index is 758. The molecule has 0 bridgehead atoms. The third-order valence-corrected chi connectivity index (χ3v) is 3.91. The Hall–Kier alpha value is -1.84. The van der Waals surface area contributed by atoms with E-state index >= 15 is 0 Å². The van der Waals surface area contributed by atoms with Crippen LogP contribution in [-0.4, -0.2) is 47.7 Å². The summed E-state index contributed by atoms with van der Waals surface area (Å²) in [5.74, 6) is 1.51. The Balaban J connectivity index is 0.00000364. The molecule has 0 aliphatic heterocycles. The summed E-state index contributed by atoms with van der Waals surface area (Å²) in [6, 6.07) is 8.17. The van der Waals surface area contributed by atoms with Crippen LogP contribution in [0.15, 0.2) is 29.3 Å². The second-order valence-corrected chi connectivity index (χ2v) is 6.37. The number of esters is 1. The van der Waals surface area contributed by atoms with Crippen LogP contribution in [0.1, 0.15) is 32.5 Å². The van der Waals surface area contributed by atoms with Crippen LogP contribution in [0.4, 0.5) is 0 Å². The van der Waals surface area contributed by atoms with Crippen molar-refractivity contribution < 1.29 is 9.53 Å². The van der Waals surface area contributed by atoms with E-state index in [1.165, 1.54) is 0 Å². The summed E-state index contributed by atoms with van der Waals surface area (Å²) in [6.45, 7) is 7.88. The molecule has 0 fully saturated rings. The van der Waals surface area contributed by atoms with Crippen LogP contribution in [0.25, 0.3) is 11.0 Å². The lowest BCUT2D eigenvalue weighted by molar-refractivity contribution is -0.147. The Kier molecular flexibility index (Phi) is 10.1. The maximum Gasteiger partial charge on any atom is 0.307 e. The van der Waals surface area contributed by atoms with Gasteiger partial charge in [-0.05, 0) is 39.3 Å². The summed E-state index contributed by atoms with van der Waals surface area (Å²) in [4.78, 5) is 20.3. The number of rotatable bonds is 8. The normalized spacial score (nSPS) is 11.4. The van der Waals surface area contributed by atoms with E-state index in [2.05, 4.69) is 31.2 Å². The van der Waals surface area contributed by atoms with Crippen molar-refractivity contribution in [1.29, 1.82) is 0 Å². The first kappa shape index (κ1) is 23.2. The van der Waals surface area contributed by atoms with Crippen molar-refractivity contribution in [2.75, 3.05) is 20.1 Å². The second-order valence-electron chi connectivity index (χ2n) is 6.37. The molecular formula is C19H30IN5O2. The SMILES string of the molecule is CN=C(NCCCn1c(C)nc2ccccc21)NCCC(=O)OC(C)C.I. The molecular weight excluding hydrogens is 457 g/mol. The van der Waals surface area contributed by atoms with Gasteiger partial charge in [-0.1, -0.05) is 12.1 Å². The molecule has 0 spiro atoms. The predicted octanol–water partition coefficient (Wildman–Crippen LogP) is 2.86. The molecule has 0 aliphatic carbocycles. The molecule has 150 valence electrons. The van der Waals surface area contributed by atoms with E-state index in [1.54, 1.807) is 7.05 Å². The molecule has 0 aliphatic rings. The summed E-state index contributed by atoms with van der Waals surface area (Å²) in [5.41, 5.74) is 2.19. The van der Waals surface area contributed by atoms with Crippen molar-refractivity contribution in [2.45, 2.75) is 46.3 Å². The molecule has 1 aromatic heterocycles. The first-order valence-corrected chi connectivity index (χ1v) is 9.07. The van der Waals surface area contributed by atoms with Gasteiger partial charge in [-0.15, -0.1) is 24.0 Å². The fraction of sp³-hybridized carbons (Fsp3) is 0.526. The van der Waals surface area contributed by atoms with Gasteiger partial charge < -0.3 is 19.9 Å². The van der Waals surface area contributed by atoms with Gasteiger partial charge in [0, 0.05) is 26.7 Å². The zero-order valence-electron chi connectivity index (χ0n) is 16.5. The Morgan fingerprint density at radius 2 is 1.96 bits per heavy atom. The van der Waals surface area contributed by atoms with Gasteiger partial charge in [-0.2, -0.15) is 0 Å². The number of fused-ring (bicyclic) bond motifs is 1. The highest BCUT2D eigenvalue weighted by atomic mass is 127. The van der Waals surface area contributed by atoms with Crippen LogP contribution in [0.5, 0.6) is 0 Å². The van der Waals surface area contributed by atoms with E-state index in [0.717, 1.165) is 36.4 Å². The Labute approximate surface area is 178 Å². The lowest BCUT2D eigenvalue weighted by Crippen LogP contribution is -2.39. The quantitative estimate of drug-likeness (QED) is 0.197. The van der Waals surface area contributed by atoms with Crippen LogP contribution < -0.4 is 10.6 Å². The minimum absolute atomic E-state index is 0. The standard InChI is InChI=1S/C19H29N5O2.HI/c1-14(2)26-18(25)10-12-22-19(20-4)21-11-7-13-24-15(3)23-16-8-5-6-9-17(16)24;/h5-6,8-9,14H,7,10-13H2,1-4H3,(H2,20,21,22);1H. The Morgan fingerprint density at radius 1 is 1.26 bits per heavy atom. The van der Waals surface area contributed by atoms with E-state index in [9.17, 15) is 4.79 Å². The lowest BCUT2D eigenvalue weighted by Gasteiger charge is -2.13. The van der Waals surface area contributed by atoms with E-state index in [4.69, 9.17) is 4.74 Å². The highest BCUT2D eigenvalue weighted by Crippen LogP contribution is 2.15. The monoisotopic (exact) mass is 487 g/mol. The first-order valence-electron chi connectivity index (χ1n) is 9.07. The summed E-state index contributed by atoms with van der Waals surface area (Å²) < 4.78 is 7.34. The highest BCUT2D eigenvalue weighted by molar-refractivity contribution is 14.0. The minimum Gasteiger partial charge on any atom is -0.463 e. The zero-order chi connectivity index (χ0) is 18.9. The number of imidazole rings is 1. The number of hydrogen-bond acceptors (Lipinski definition) is 4. The number of aliphatic imine (C=N–C) groups is 1. The number of aryl methyl sites for hydroxylation is 2. The largest absolute Gasteiger partial charge is 0.463 e. The molecule has 2 N–H and O–H groups in total. The maximum absolute atomic E-state index is 11.5. The van der Waals surface area contributed by atoms with Crippen molar-refractivity contribution in [3.8, 4) is 0 Å². The molecule has 0 atom stereocenters. The highest BCUT2D eigenvalue weighted by Gasteiger charge is 2.07. The number of carbonyl (C=O) groups is 1. The number of benzene rings is 1. The fourth-order valence-corrected chi connectivity index (χ4v) is 2.75. The lowest BCUT2D eigenvalue weighted by atomic mass is 10.3.